The van der Waals surface area contributed by atoms with E-state index in [2.05, 4.69) is 15.6 Å². The largest absolute Gasteiger partial charge is 0.325 e. The molecule has 5 nitrogen and oxygen atoms in total. The Morgan fingerprint density at radius 2 is 1.71 bits per heavy atom. The molecule has 0 bridgehead atoms. The second-order valence-electron chi connectivity index (χ2n) is 7.03. The zero-order chi connectivity index (χ0) is 21.6. The summed E-state index contributed by atoms with van der Waals surface area (Å²) in [5, 5.41) is 6.77. The zero-order valence-corrected chi connectivity index (χ0v) is 17.8. The SMILES string of the molecule is Cc1cccc(NC(=O)c2ccccc2NC(=O)CSc2ccnc3ccccc23)c1. The van der Waals surface area contributed by atoms with Crippen LogP contribution in [0.2, 0.25) is 0 Å². The number of anilines is 2. The zero-order valence-electron chi connectivity index (χ0n) is 17.0. The number of amides is 2. The molecule has 1 heterocycles. The maximum Gasteiger partial charge on any atom is 0.257 e. The van der Waals surface area contributed by atoms with Crippen molar-refractivity contribution in [3.8, 4) is 0 Å². The maximum atomic E-state index is 12.8. The first-order chi connectivity index (χ1) is 15.1. The molecule has 0 atom stereocenters. The number of hydrogen-bond donors (Lipinski definition) is 2. The topological polar surface area (TPSA) is 71.1 Å². The lowest BCUT2D eigenvalue weighted by Gasteiger charge is -2.12. The highest BCUT2D eigenvalue weighted by Crippen LogP contribution is 2.27. The van der Waals surface area contributed by atoms with Crippen LogP contribution in [0.5, 0.6) is 0 Å². The van der Waals surface area contributed by atoms with Crippen molar-refractivity contribution in [2.24, 2.45) is 0 Å². The molecule has 0 unspecified atom stereocenters. The van der Waals surface area contributed by atoms with E-state index < -0.39 is 0 Å². The number of thioether (sulfide) groups is 1. The van der Waals surface area contributed by atoms with Crippen molar-refractivity contribution in [1.29, 1.82) is 0 Å². The maximum absolute atomic E-state index is 12.8. The Balaban J connectivity index is 1.44. The fourth-order valence-electron chi connectivity index (χ4n) is 3.24. The van der Waals surface area contributed by atoms with Gasteiger partial charge in [0.25, 0.3) is 5.91 Å². The lowest BCUT2D eigenvalue weighted by molar-refractivity contribution is -0.113. The molecule has 4 aromatic rings. The van der Waals surface area contributed by atoms with Crippen LogP contribution in [0.15, 0.2) is 90.0 Å². The molecule has 0 aliphatic rings. The molecule has 0 fully saturated rings. The monoisotopic (exact) mass is 427 g/mol. The van der Waals surface area contributed by atoms with Gasteiger partial charge in [0, 0.05) is 22.2 Å². The minimum Gasteiger partial charge on any atom is -0.325 e. The first-order valence-electron chi connectivity index (χ1n) is 9.83. The normalized spacial score (nSPS) is 10.6. The van der Waals surface area contributed by atoms with Gasteiger partial charge in [-0.3, -0.25) is 14.6 Å². The molecule has 0 saturated carbocycles. The number of carbonyl (C=O) groups excluding carboxylic acids is 2. The van der Waals surface area contributed by atoms with Crippen LogP contribution in [0.25, 0.3) is 10.9 Å². The molecule has 2 N–H and O–H groups in total. The number of benzene rings is 3. The Morgan fingerprint density at radius 3 is 2.58 bits per heavy atom. The van der Waals surface area contributed by atoms with E-state index >= 15 is 0 Å². The van der Waals surface area contributed by atoms with Gasteiger partial charge in [-0.25, -0.2) is 0 Å². The van der Waals surface area contributed by atoms with Crippen molar-refractivity contribution in [2.75, 3.05) is 16.4 Å². The predicted molar refractivity (Wildman–Crippen MR) is 127 cm³/mol. The second-order valence-corrected chi connectivity index (χ2v) is 8.05. The number of nitrogens with zero attached hydrogens (tertiary/aromatic N) is 1. The van der Waals surface area contributed by atoms with Crippen LogP contribution in [-0.4, -0.2) is 22.6 Å². The van der Waals surface area contributed by atoms with E-state index in [4.69, 9.17) is 0 Å². The number of aryl methyl sites for hydroxylation is 1. The third-order valence-electron chi connectivity index (χ3n) is 4.69. The number of para-hydroxylation sites is 2. The first kappa shape index (κ1) is 20.6. The Kier molecular flexibility index (Phi) is 6.29. The quantitative estimate of drug-likeness (QED) is 0.397. The van der Waals surface area contributed by atoms with Gasteiger partial charge >= 0.3 is 0 Å². The third kappa shape index (κ3) is 5.10. The van der Waals surface area contributed by atoms with E-state index in [1.807, 2.05) is 61.5 Å². The molecule has 2 amide bonds. The number of rotatable bonds is 6. The van der Waals surface area contributed by atoms with E-state index in [9.17, 15) is 9.59 Å². The number of aromatic nitrogens is 1. The molecule has 0 aliphatic heterocycles. The minimum atomic E-state index is -0.269. The van der Waals surface area contributed by atoms with Gasteiger partial charge in [0.1, 0.15) is 0 Å². The van der Waals surface area contributed by atoms with Crippen LogP contribution in [0, 0.1) is 6.92 Å². The summed E-state index contributed by atoms with van der Waals surface area (Å²) in [7, 11) is 0. The van der Waals surface area contributed by atoms with Gasteiger partial charge < -0.3 is 10.6 Å². The van der Waals surface area contributed by atoms with Crippen molar-refractivity contribution < 1.29 is 9.59 Å². The van der Waals surface area contributed by atoms with Crippen LogP contribution in [0.4, 0.5) is 11.4 Å². The second kappa shape index (κ2) is 9.45. The predicted octanol–water partition coefficient (Wildman–Crippen LogP) is 5.53. The number of fused-ring (bicyclic) bond motifs is 1. The molecule has 0 saturated heterocycles. The molecule has 0 aliphatic carbocycles. The fourth-order valence-corrected chi connectivity index (χ4v) is 4.08. The van der Waals surface area contributed by atoms with E-state index in [1.165, 1.54) is 11.8 Å². The van der Waals surface area contributed by atoms with E-state index in [-0.39, 0.29) is 17.6 Å². The molecular weight excluding hydrogens is 406 g/mol. The highest BCUT2D eigenvalue weighted by atomic mass is 32.2. The lowest BCUT2D eigenvalue weighted by atomic mass is 10.1. The molecule has 0 radical (unpaired) electrons. The van der Waals surface area contributed by atoms with E-state index in [0.29, 0.717) is 16.9 Å². The summed E-state index contributed by atoms with van der Waals surface area (Å²) in [5.74, 6) is -0.224. The Hall–Kier alpha value is -3.64. The van der Waals surface area contributed by atoms with E-state index in [1.54, 1.807) is 30.5 Å². The van der Waals surface area contributed by atoms with Crippen molar-refractivity contribution in [1.82, 2.24) is 4.98 Å². The van der Waals surface area contributed by atoms with Gasteiger partial charge in [-0.05, 0) is 48.9 Å². The molecule has 4 rings (SSSR count). The first-order valence-corrected chi connectivity index (χ1v) is 10.8. The summed E-state index contributed by atoms with van der Waals surface area (Å²) in [6.07, 6.45) is 1.74. The fraction of sp³-hybridized carbons (Fsp3) is 0.0800. The van der Waals surface area contributed by atoms with Crippen molar-refractivity contribution in [2.45, 2.75) is 11.8 Å². The summed E-state index contributed by atoms with van der Waals surface area (Å²) in [5.41, 5.74) is 3.56. The summed E-state index contributed by atoms with van der Waals surface area (Å²) < 4.78 is 0. The summed E-state index contributed by atoms with van der Waals surface area (Å²) in [6.45, 7) is 1.97. The van der Waals surface area contributed by atoms with Crippen LogP contribution < -0.4 is 10.6 Å². The van der Waals surface area contributed by atoms with Crippen LogP contribution >= 0.6 is 11.8 Å². The Bertz CT molecular complexity index is 1250. The summed E-state index contributed by atoms with van der Waals surface area (Å²) in [4.78, 5) is 30.7. The Labute approximate surface area is 184 Å². The van der Waals surface area contributed by atoms with Gasteiger partial charge in [0.05, 0.1) is 22.5 Å². The van der Waals surface area contributed by atoms with E-state index in [0.717, 1.165) is 21.4 Å². The van der Waals surface area contributed by atoms with Crippen molar-refractivity contribution >= 4 is 45.9 Å². The third-order valence-corrected chi connectivity index (χ3v) is 5.76. The van der Waals surface area contributed by atoms with Crippen LogP contribution in [-0.2, 0) is 4.79 Å². The summed E-state index contributed by atoms with van der Waals surface area (Å²) >= 11 is 1.44. The minimum absolute atomic E-state index is 0.179. The lowest BCUT2D eigenvalue weighted by Crippen LogP contribution is -2.19. The standard InChI is InChI=1S/C25H21N3O2S/c1-17-7-6-8-18(15-17)27-25(30)20-10-3-5-12-22(20)28-24(29)16-31-23-13-14-26-21-11-4-2-9-19(21)23/h2-15H,16H2,1H3,(H,27,30)(H,28,29). The molecule has 0 spiro atoms. The van der Waals surface area contributed by atoms with Crippen LogP contribution in [0.1, 0.15) is 15.9 Å². The average molecular weight is 428 g/mol. The molecule has 1 aromatic heterocycles. The summed E-state index contributed by atoms with van der Waals surface area (Å²) in [6, 6.07) is 24.3. The smallest absolute Gasteiger partial charge is 0.257 e. The molecule has 154 valence electrons. The molecule has 3 aromatic carbocycles. The number of nitrogens with one attached hydrogen (secondary N) is 2. The average Bonchev–Trinajstić information content (AvgIpc) is 2.78. The number of hydrogen-bond acceptors (Lipinski definition) is 4. The number of carbonyl (C=O) groups is 2. The van der Waals surface area contributed by atoms with Gasteiger partial charge in [-0.2, -0.15) is 0 Å². The highest BCUT2D eigenvalue weighted by molar-refractivity contribution is 8.00. The highest BCUT2D eigenvalue weighted by Gasteiger charge is 2.14. The van der Waals surface area contributed by atoms with Crippen molar-refractivity contribution in [3.63, 3.8) is 0 Å². The van der Waals surface area contributed by atoms with Gasteiger partial charge in [0.15, 0.2) is 0 Å². The van der Waals surface area contributed by atoms with Crippen molar-refractivity contribution in [3.05, 3.63) is 96.2 Å². The van der Waals surface area contributed by atoms with Gasteiger partial charge in [-0.15, -0.1) is 11.8 Å². The van der Waals surface area contributed by atoms with Crippen LogP contribution in [0.3, 0.4) is 0 Å². The molecule has 31 heavy (non-hydrogen) atoms. The van der Waals surface area contributed by atoms with Gasteiger partial charge in [0.2, 0.25) is 5.91 Å². The number of pyridine rings is 1. The molecule has 6 heteroatoms. The Morgan fingerprint density at radius 1 is 0.903 bits per heavy atom. The van der Waals surface area contributed by atoms with Gasteiger partial charge in [-0.1, -0.05) is 42.5 Å². The molecular formula is C25H21N3O2S.